The summed E-state index contributed by atoms with van der Waals surface area (Å²) < 4.78 is 0. The summed E-state index contributed by atoms with van der Waals surface area (Å²) in [7, 11) is 0. The molecule has 0 aliphatic heterocycles. The lowest BCUT2D eigenvalue weighted by Gasteiger charge is -2.33. The fraction of sp³-hybridized carbons (Fsp3) is 0.412. The van der Waals surface area contributed by atoms with Crippen molar-refractivity contribution < 1.29 is 39.6 Å². The zero-order valence-electron chi connectivity index (χ0n) is 15.0. The first kappa shape index (κ1) is 22.9. The maximum atomic E-state index is 11.2. The predicted octanol–water partition coefficient (Wildman–Crippen LogP) is -0.878. The average molecular weight is 397 g/mol. The van der Waals surface area contributed by atoms with Crippen molar-refractivity contribution in [2.45, 2.75) is 12.5 Å². The van der Waals surface area contributed by atoms with Crippen LogP contribution in [0, 0.1) is 0 Å². The van der Waals surface area contributed by atoms with Crippen LogP contribution in [0.5, 0.6) is 0 Å². The lowest BCUT2D eigenvalue weighted by atomic mass is 10.0. The van der Waals surface area contributed by atoms with E-state index in [2.05, 4.69) is 0 Å². The number of rotatable bonds is 13. The highest BCUT2D eigenvalue weighted by molar-refractivity contribution is 5.73. The van der Waals surface area contributed by atoms with Gasteiger partial charge in [-0.05, 0) is 24.1 Å². The summed E-state index contributed by atoms with van der Waals surface area (Å²) in [4.78, 5) is 46.7. The molecule has 28 heavy (non-hydrogen) atoms. The monoisotopic (exact) mass is 397 g/mol. The molecule has 6 N–H and O–H groups in total. The van der Waals surface area contributed by atoms with E-state index in [1.807, 2.05) is 0 Å². The first-order valence-electron chi connectivity index (χ1n) is 8.24. The molecule has 1 unspecified atom stereocenters. The quantitative estimate of drug-likeness (QED) is 0.261. The van der Waals surface area contributed by atoms with E-state index < -0.39 is 56.1 Å². The van der Waals surface area contributed by atoms with Gasteiger partial charge in [-0.2, -0.15) is 0 Å². The zero-order valence-corrected chi connectivity index (χ0v) is 15.0. The number of nitrogen functional groups attached to an aromatic ring is 1. The van der Waals surface area contributed by atoms with E-state index in [9.17, 15) is 19.2 Å². The van der Waals surface area contributed by atoms with E-state index in [1.54, 1.807) is 24.3 Å². The van der Waals surface area contributed by atoms with E-state index in [-0.39, 0.29) is 13.0 Å². The van der Waals surface area contributed by atoms with Crippen LogP contribution >= 0.6 is 0 Å². The summed E-state index contributed by atoms with van der Waals surface area (Å²) in [5.41, 5.74) is 6.85. The second-order valence-corrected chi connectivity index (χ2v) is 6.25. The number of carboxylic acid groups (broad SMARTS) is 4. The Morgan fingerprint density at radius 2 is 1.21 bits per heavy atom. The molecule has 0 aliphatic carbocycles. The van der Waals surface area contributed by atoms with Crippen molar-refractivity contribution in [3.8, 4) is 0 Å². The first-order chi connectivity index (χ1) is 13.1. The smallest absolute Gasteiger partial charge is 0.317 e. The largest absolute Gasteiger partial charge is 0.480 e. The second-order valence-electron chi connectivity index (χ2n) is 6.25. The van der Waals surface area contributed by atoms with Crippen LogP contribution in [0.25, 0.3) is 0 Å². The van der Waals surface area contributed by atoms with Gasteiger partial charge in [-0.1, -0.05) is 12.1 Å². The van der Waals surface area contributed by atoms with Crippen molar-refractivity contribution in [3.63, 3.8) is 0 Å². The van der Waals surface area contributed by atoms with Crippen LogP contribution < -0.4 is 5.73 Å². The summed E-state index contributed by atoms with van der Waals surface area (Å²) in [6.45, 7) is -2.51. The molecule has 0 aliphatic rings. The minimum atomic E-state index is -1.26. The van der Waals surface area contributed by atoms with Crippen LogP contribution in [0.4, 0.5) is 5.69 Å². The molecule has 0 fully saturated rings. The predicted molar refractivity (Wildman–Crippen MR) is 96.9 cm³/mol. The molecule has 0 spiro atoms. The number of benzene rings is 1. The van der Waals surface area contributed by atoms with Gasteiger partial charge in [0, 0.05) is 18.3 Å². The molecule has 0 saturated carbocycles. The van der Waals surface area contributed by atoms with Gasteiger partial charge in [-0.3, -0.25) is 29.0 Å². The number of nitrogens with zero attached hydrogens (tertiary/aromatic N) is 2. The SMILES string of the molecule is Nc1ccc(CC(CN(CC(=O)O)CC(=O)O)N(CC(=O)O)CC(=O)O)cc1. The normalized spacial score (nSPS) is 12.1. The zero-order chi connectivity index (χ0) is 21.3. The summed E-state index contributed by atoms with van der Waals surface area (Å²) in [5.74, 6) is -5.02. The summed E-state index contributed by atoms with van der Waals surface area (Å²) in [6.07, 6.45) is 0.177. The molecular formula is C17H23N3O8. The molecule has 0 radical (unpaired) electrons. The summed E-state index contributed by atoms with van der Waals surface area (Å²) >= 11 is 0. The standard InChI is InChI=1S/C17H23N3O8/c18-12-3-1-11(2-4-12)5-13(20(9-16(25)26)10-17(27)28)6-19(7-14(21)22)8-15(23)24/h1-4,13H,5-10,18H2,(H,21,22)(H,23,24)(H,25,26)(H,27,28). The van der Waals surface area contributed by atoms with Crippen molar-refractivity contribution in [2.75, 3.05) is 38.5 Å². The van der Waals surface area contributed by atoms with Gasteiger partial charge in [-0.25, -0.2) is 0 Å². The number of nitrogens with two attached hydrogens (primary N) is 1. The van der Waals surface area contributed by atoms with Gasteiger partial charge in [-0.15, -0.1) is 0 Å². The Hall–Kier alpha value is -3.18. The first-order valence-corrected chi connectivity index (χ1v) is 8.24. The van der Waals surface area contributed by atoms with Gasteiger partial charge < -0.3 is 26.2 Å². The highest BCUT2D eigenvalue weighted by Gasteiger charge is 2.27. The van der Waals surface area contributed by atoms with E-state index in [0.717, 1.165) is 9.80 Å². The van der Waals surface area contributed by atoms with Crippen LogP contribution in [-0.2, 0) is 25.6 Å². The second kappa shape index (κ2) is 10.8. The third-order valence-corrected chi connectivity index (χ3v) is 3.83. The van der Waals surface area contributed by atoms with Gasteiger partial charge in [0.1, 0.15) is 0 Å². The molecule has 0 saturated heterocycles. The van der Waals surface area contributed by atoms with Crippen molar-refractivity contribution in [1.82, 2.24) is 9.80 Å². The topological polar surface area (TPSA) is 182 Å². The molecule has 11 heteroatoms. The number of aliphatic carboxylic acids is 4. The third-order valence-electron chi connectivity index (χ3n) is 3.83. The lowest BCUT2D eigenvalue weighted by molar-refractivity contribution is -0.146. The molecule has 1 rings (SSSR count). The highest BCUT2D eigenvalue weighted by Crippen LogP contribution is 2.13. The minimum absolute atomic E-state index is 0.149. The van der Waals surface area contributed by atoms with E-state index >= 15 is 0 Å². The Balaban J connectivity index is 3.15. The van der Waals surface area contributed by atoms with Gasteiger partial charge in [0.25, 0.3) is 0 Å². The average Bonchev–Trinajstić information content (AvgIpc) is 2.53. The Bertz CT molecular complexity index is 675. The number of anilines is 1. The Kier molecular flexibility index (Phi) is 8.85. The molecule has 1 aromatic carbocycles. The van der Waals surface area contributed by atoms with Gasteiger partial charge in [0.05, 0.1) is 26.2 Å². The number of carboxylic acids is 4. The molecule has 0 aromatic heterocycles. The molecule has 0 amide bonds. The Morgan fingerprint density at radius 3 is 1.61 bits per heavy atom. The molecule has 0 heterocycles. The molecule has 0 bridgehead atoms. The Morgan fingerprint density at radius 1 is 0.786 bits per heavy atom. The fourth-order valence-electron chi connectivity index (χ4n) is 2.76. The maximum absolute atomic E-state index is 11.2. The minimum Gasteiger partial charge on any atom is -0.480 e. The van der Waals surface area contributed by atoms with Crippen LogP contribution in [0.3, 0.4) is 0 Å². The van der Waals surface area contributed by atoms with Crippen molar-refractivity contribution in [3.05, 3.63) is 29.8 Å². The van der Waals surface area contributed by atoms with Crippen molar-refractivity contribution in [1.29, 1.82) is 0 Å². The highest BCUT2D eigenvalue weighted by atomic mass is 16.4. The van der Waals surface area contributed by atoms with E-state index in [0.29, 0.717) is 11.3 Å². The fourth-order valence-corrected chi connectivity index (χ4v) is 2.76. The maximum Gasteiger partial charge on any atom is 0.317 e. The third kappa shape index (κ3) is 8.96. The van der Waals surface area contributed by atoms with Crippen LogP contribution in [0.2, 0.25) is 0 Å². The molecule has 11 nitrogen and oxygen atoms in total. The number of carbonyl (C=O) groups is 4. The van der Waals surface area contributed by atoms with Gasteiger partial charge in [0.2, 0.25) is 0 Å². The van der Waals surface area contributed by atoms with Gasteiger partial charge >= 0.3 is 23.9 Å². The Labute approximate surface area is 160 Å². The van der Waals surface area contributed by atoms with Crippen molar-refractivity contribution >= 4 is 29.6 Å². The molecule has 154 valence electrons. The van der Waals surface area contributed by atoms with Gasteiger partial charge in [0.15, 0.2) is 0 Å². The van der Waals surface area contributed by atoms with Crippen LogP contribution in [0.1, 0.15) is 5.56 Å². The number of hydrogen-bond acceptors (Lipinski definition) is 7. The molecule has 1 atom stereocenters. The number of hydrogen-bond donors (Lipinski definition) is 5. The lowest BCUT2D eigenvalue weighted by Crippen LogP contribution is -2.50. The molecule has 1 aromatic rings. The summed E-state index contributed by atoms with van der Waals surface area (Å²) in [5, 5.41) is 36.3. The molecular weight excluding hydrogens is 374 g/mol. The van der Waals surface area contributed by atoms with Crippen LogP contribution in [-0.4, -0.2) is 92.9 Å². The van der Waals surface area contributed by atoms with Crippen LogP contribution in [0.15, 0.2) is 24.3 Å². The van der Waals surface area contributed by atoms with E-state index in [4.69, 9.17) is 26.2 Å². The van der Waals surface area contributed by atoms with E-state index in [1.165, 1.54) is 0 Å². The summed E-state index contributed by atoms with van der Waals surface area (Å²) in [6, 6.07) is 5.85. The van der Waals surface area contributed by atoms with Crippen molar-refractivity contribution in [2.24, 2.45) is 0 Å².